The summed E-state index contributed by atoms with van der Waals surface area (Å²) < 4.78 is 1.03. The Balaban J connectivity index is 2.08. The van der Waals surface area contributed by atoms with E-state index in [4.69, 9.17) is 11.6 Å². The minimum absolute atomic E-state index is 0.0214. The normalized spacial score (nSPS) is 12.0. The van der Waals surface area contributed by atoms with E-state index in [2.05, 4.69) is 15.9 Å². The highest BCUT2D eigenvalue weighted by molar-refractivity contribution is 9.10. The van der Waals surface area contributed by atoms with Crippen molar-refractivity contribution in [3.05, 3.63) is 69.2 Å². The fourth-order valence-electron chi connectivity index (χ4n) is 2.11. The molecule has 0 aliphatic heterocycles. The van der Waals surface area contributed by atoms with Gasteiger partial charge in [0.15, 0.2) is 0 Å². The van der Waals surface area contributed by atoms with Crippen LogP contribution in [0, 0.1) is 0 Å². The zero-order valence-corrected chi connectivity index (χ0v) is 14.4. The number of amides is 1. The largest absolute Gasteiger partial charge is 0.339 e. The quantitative estimate of drug-likeness (QED) is 0.756. The molecular formula is C17H17BrClNO. The third-order valence-corrected chi connectivity index (χ3v) is 4.52. The summed E-state index contributed by atoms with van der Waals surface area (Å²) in [5, 5.41) is 0.635. The van der Waals surface area contributed by atoms with Crippen LogP contribution < -0.4 is 0 Å². The van der Waals surface area contributed by atoms with E-state index >= 15 is 0 Å². The second-order valence-corrected chi connectivity index (χ2v) is 6.32. The summed E-state index contributed by atoms with van der Waals surface area (Å²) in [5.41, 5.74) is 1.97. The molecule has 2 aromatic carbocycles. The van der Waals surface area contributed by atoms with Crippen molar-refractivity contribution in [1.82, 2.24) is 4.90 Å². The Morgan fingerprint density at radius 2 is 1.81 bits per heavy atom. The van der Waals surface area contributed by atoms with Gasteiger partial charge in [0.2, 0.25) is 5.91 Å². The number of likely N-dealkylation sites (N-methyl/N-ethyl adjacent to an activating group) is 1. The van der Waals surface area contributed by atoms with E-state index in [-0.39, 0.29) is 11.9 Å². The zero-order valence-electron chi connectivity index (χ0n) is 12.0. The van der Waals surface area contributed by atoms with Crippen LogP contribution in [0.15, 0.2) is 53.0 Å². The Bertz CT molecular complexity index is 627. The lowest BCUT2D eigenvalue weighted by Crippen LogP contribution is -2.31. The molecule has 0 fully saturated rings. The van der Waals surface area contributed by atoms with Crippen LogP contribution in [0.25, 0.3) is 0 Å². The zero-order chi connectivity index (χ0) is 15.4. The summed E-state index contributed by atoms with van der Waals surface area (Å²) in [6, 6.07) is 15.5. The number of hydrogen-bond acceptors (Lipinski definition) is 1. The Kier molecular flexibility index (Phi) is 5.43. The molecular weight excluding hydrogens is 350 g/mol. The van der Waals surface area contributed by atoms with Crippen LogP contribution in [0.2, 0.25) is 5.02 Å². The molecule has 0 aliphatic rings. The Morgan fingerprint density at radius 1 is 1.19 bits per heavy atom. The van der Waals surface area contributed by atoms with Gasteiger partial charge in [-0.05, 0) is 36.2 Å². The Hall–Kier alpha value is -1.32. The highest BCUT2D eigenvalue weighted by atomic mass is 79.9. The van der Waals surface area contributed by atoms with Crippen LogP contribution in [0.5, 0.6) is 0 Å². The van der Waals surface area contributed by atoms with Gasteiger partial charge >= 0.3 is 0 Å². The number of carbonyl (C=O) groups is 1. The Labute approximate surface area is 138 Å². The lowest BCUT2D eigenvalue weighted by molar-refractivity contribution is -0.131. The highest BCUT2D eigenvalue weighted by Crippen LogP contribution is 2.23. The summed E-state index contributed by atoms with van der Waals surface area (Å²) in [4.78, 5) is 14.2. The molecule has 0 aromatic heterocycles. The molecule has 0 saturated heterocycles. The van der Waals surface area contributed by atoms with Crippen molar-refractivity contribution in [2.24, 2.45) is 0 Å². The molecule has 0 saturated carbocycles. The van der Waals surface area contributed by atoms with E-state index in [9.17, 15) is 4.79 Å². The van der Waals surface area contributed by atoms with Gasteiger partial charge in [0, 0.05) is 16.5 Å². The van der Waals surface area contributed by atoms with Crippen molar-refractivity contribution >= 4 is 33.4 Å². The van der Waals surface area contributed by atoms with E-state index in [1.807, 2.05) is 62.5 Å². The van der Waals surface area contributed by atoms with Crippen molar-refractivity contribution in [1.29, 1.82) is 0 Å². The number of rotatable bonds is 4. The smallest absolute Gasteiger partial charge is 0.227 e. The average Bonchev–Trinajstić information content (AvgIpc) is 2.49. The first-order chi connectivity index (χ1) is 9.99. The van der Waals surface area contributed by atoms with Crippen LogP contribution >= 0.6 is 27.5 Å². The van der Waals surface area contributed by atoms with Gasteiger partial charge in [-0.2, -0.15) is 0 Å². The van der Waals surface area contributed by atoms with Crippen LogP contribution in [0.4, 0.5) is 0 Å². The lowest BCUT2D eigenvalue weighted by Gasteiger charge is -2.25. The number of carbonyl (C=O) groups excluding carboxylic acids is 1. The SMILES string of the molecule is CC(c1ccc(Br)cc1)N(C)C(=O)Cc1ccccc1Cl. The second kappa shape index (κ2) is 7.10. The van der Waals surface area contributed by atoms with Gasteiger partial charge in [0.05, 0.1) is 12.5 Å². The fraction of sp³-hybridized carbons (Fsp3) is 0.235. The standard InChI is InChI=1S/C17H17BrClNO/c1-12(13-7-9-15(18)10-8-13)20(2)17(21)11-14-5-3-4-6-16(14)19/h3-10,12H,11H2,1-2H3. The predicted molar refractivity (Wildman–Crippen MR) is 90.5 cm³/mol. The monoisotopic (exact) mass is 365 g/mol. The molecule has 0 radical (unpaired) electrons. The molecule has 1 unspecified atom stereocenters. The highest BCUT2D eigenvalue weighted by Gasteiger charge is 2.18. The third-order valence-electron chi connectivity index (χ3n) is 3.63. The molecule has 1 atom stereocenters. The van der Waals surface area contributed by atoms with Gasteiger partial charge in [0.25, 0.3) is 0 Å². The molecule has 0 aliphatic carbocycles. The van der Waals surface area contributed by atoms with Gasteiger partial charge in [-0.1, -0.05) is 57.9 Å². The van der Waals surface area contributed by atoms with E-state index < -0.39 is 0 Å². The lowest BCUT2D eigenvalue weighted by atomic mass is 10.1. The van der Waals surface area contributed by atoms with Crippen LogP contribution in [-0.2, 0) is 11.2 Å². The fourth-order valence-corrected chi connectivity index (χ4v) is 2.58. The van der Waals surface area contributed by atoms with Crippen molar-refractivity contribution < 1.29 is 4.79 Å². The molecule has 0 N–H and O–H groups in total. The van der Waals surface area contributed by atoms with E-state index in [1.165, 1.54) is 0 Å². The number of halogens is 2. The molecule has 2 aromatic rings. The molecule has 21 heavy (non-hydrogen) atoms. The first-order valence-corrected chi connectivity index (χ1v) is 7.90. The summed E-state index contributed by atoms with van der Waals surface area (Å²) in [6.07, 6.45) is 0.317. The summed E-state index contributed by atoms with van der Waals surface area (Å²) in [7, 11) is 1.83. The number of benzene rings is 2. The molecule has 110 valence electrons. The molecule has 4 heteroatoms. The van der Waals surface area contributed by atoms with Gasteiger partial charge in [-0.3, -0.25) is 4.79 Å². The molecule has 2 rings (SSSR count). The summed E-state index contributed by atoms with van der Waals surface area (Å²) in [6.45, 7) is 2.02. The van der Waals surface area contributed by atoms with E-state index in [1.54, 1.807) is 4.90 Å². The average molecular weight is 367 g/mol. The van der Waals surface area contributed by atoms with Crippen LogP contribution in [0.3, 0.4) is 0 Å². The Morgan fingerprint density at radius 3 is 2.43 bits per heavy atom. The first kappa shape index (κ1) is 16.1. The predicted octanol–water partition coefficient (Wildman–Crippen LogP) is 4.86. The molecule has 0 spiro atoms. The summed E-state index contributed by atoms with van der Waals surface area (Å²) >= 11 is 9.53. The van der Waals surface area contributed by atoms with Crippen molar-refractivity contribution in [2.75, 3.05) is 7.05 Å². The van der Waals surface area contributed by atoms with Crippen molar-refractivity contribution in [2.45, 2.75) is 19.4 Å². The van der Waals surface area contributed by atoms with E-state index in [0.717, 1.165) is 15.6 Å². The van der Waals surface area contributed by atoms with Gasteiger partial charge in [-0.25, -0.2) is 0 Å². The van der Waals surface area contributed by atoms with Crippen molar-refractivity contribution in [3.63, 3.8) is 0 Å². The maximum atomic E-state index is 12.4. The van der Waals surface area contributed by atoms with Crippen molar-refractivity contribution in [3.8, 4) is 0 Å². The van der Waals surface area contributed by atoms with E-state index in [0.29, 0.717) is 11.4 Å². The van der Waals surface area contributed by atoms with Crippen LogP contribution in [0.1, 0.15) is 24.1 Å². The maximum absolute atomic E-state index is 12.4. The topological polar surface area (TPSA) is 20.3 Å². The number of hydrogen-bond donors (Lipinski definition) is 0. The van der Waals surface area contributed by atoms with Crippen LogP contribution in [-0.4, -0.2) is 17.9 Å². The molecule has 1 amide bonds. The molecule has 0 bridgehead atoms. The summed E-state index contributed by atoms with van der Waals surface area (Å²) in [5.74, 6) is 0.0542. The van der Waals surface area contributed by atoms with Gasteiger partial charge in [0.1, 0.15) is 0 Å². The second-order valence-electron chi connectivity index (χ2n) is 5.00. The maximum Gasteiger partial charge on any atom is 0.227 e. The molecule has 2 nitrogen and oxygen atoms in total. The molecule has 0 heterocycles. The minimum Gasteiger partial charge on any atom is -0.339 e. The first-order valence-electron chi connectivity index (χ1n) is 6.73. The van der Waals surface area contributed by atoms with Gasteiger partial charge in [-0.15, -0.1) is 0 Å². The minimum atomic E-state index is 0.0214. The number of nitrogens with zero attached hydrogens (tertiary/aromatic N) is 1. The third kappa shape index (κ3) is 4.08. The van der Waals surface area contributed by atoms with Gasteiger partial charge < -0.3 is 4.90 Å².